The van der Waals surface area contributed by atoms with Gasteiger partial charge in [0.15, 0.2) is 12.2 Å². The van der Waals surface area contributed by atoms with Crippen molar-refractivity contribution in [2.45, 2.75) is 58.4 Å². The van der Waals surface area contributed by atoms with Crippen LogP contribution in [0.5, 0.6) is 0 Å². The van der Waals surface area contributed by atoms with Crippen molar-refractivity contribution < 1.29 is 47.7 Å². The summed E-state index contributed by atoms with van der Waals surface area (Å²) in [5.41, 5.74) is 0.373. The molecule has 5 unspecified atom stereocenters. The van der Waals surface area contributed by atoms with Crippen molar-refractivity contribution in [2.24, 2.45) is 0 Å². The summed E-state index contributed by atoms with van der Waals surface area (Å²) < 4.78 is 26.6. The predicted molar refractivity (Wildman–Crippen MR) is 106 cm³/mol. The van der Waals surface area contributed by atoms with Gasteiger partial charge in [0.05, 0.1) is 0 Å². The number of hydrogen-bond acceptors (Lipinski definition) is 10. The lowest BCUT2D eigenvalue weighted by Gasteiger charge is -2.43. The highest BCUT2D eigenvalue weighted by Crippen LogP contribution is 2.29. The highest BCUT2D eigenvalue weighted by Gasteiger charge is 2.53. The minimum absolute atomic E-state index is 0.200. The molecule has 0 bridgehead atoms. The smallest absolute Gasteiger partial charge is 0.305 e. The third kappa shape index (κ3) is 7.05. The SMILES string of the molecule is CC(=O)OC1OC(CNC(=O)c2ccccc2)C(OC(C)=O)C(OC(C)=O)C1OC(C)=O. The highest BCUT2D eigenvalue weighted by molar-refractivity contribution is 5.94. The minimum atomic E-state index is -1.48. The molecule has 1 aliphatic rings. The zero-order chi connectivity index (χ0) is 23.8. The number of carbonyl (C=O) groups is 5. The zero-order valence-corrected chi connectivity index (χ0v) is 18.1. The topological polar surface area (TPSA) is 144 Å². The van der Waals surface area contributed by atoms with Crippen molar-refractivity contribution in [3.8, 4) is 0 Å². The standard InChI is InChI=1S/C21H25NO10/c1-11(23)28-17-16(10-22-20(27)15-8-6-5-7-9-15)32-21(31-14(4)26)19(30-13(3)25)18(17)29-12(2)24/h5-9,16-19,21H,10H2,1-4H3,(H,22,27). The Balaban J connectivity index is 2.34. The quantitative estimate of drug-likeness (QED) is 0.460. The molecule has 11 heteroatoms. The van der Waals surface area contributed by atoms with Crippen LogP contribution in [0.25, 0.3) is 0 Å². The molecule has 1 N–H and O–H groups in total. The summed E-state index contributed by atoms with van der Waals surface area (Å²) in [7, 11) is 0. The van der Waals surface area contributed by atoms with Crippen molar-refractivity contribution >= 4 is 29.8 Å². The lowest BCUT2D eigenvalue weighted by Crippen LogP contribution is -2.64. The maximum atomic E-state index is 12.4. The monoisotopic (exact) mass is 451 g/mol. The molecule has 32 heavy (non-hydrogen) atoms. The molecule has 1 heterocycles. The van der Waals surface area contributed by atoms with Crippen LogP contribution in [-0.2, 0) is 42.9 Å². The molecule has 1 aromatic carbocycles. The molecular formula is C21H25NO10. The third-order valence-corrected chi connectivity index (χ3v) is 4.28. The van der Waals surface area contributed by atoms with E-state index in [0.717, 1.165) is 27.7 Å². The second-order valence-corrected chi connectivity index (χ2v) is 6.95. The van der Waals surface area contributed by atoms with Crippen LogP contribution in [0.4, 0.5) is 0 Å². The molecule has 0 aromatic heterocycles. The lowest BCUT2D eigenvalue weighted by molar-refractivity contribution is -0.294. The largest absolute Gasteiger partial charge is 0.456 e. The molecule has 0 aliphatic carbocycles. The molecule has 2 rings (SSSR count). The summed E-state index contributed by atoms with van der Waals surface area (Å²) in [5.74, 6) is -3.47. The molecule has 1 aromatic rings. The van der Waals surface area contributed by atoms with E-state index in [2.05, 4.69) is 5.32 Å². The van der Waals surface area contributed by atoms with E-state index in [1.165, 1.54) is 0 Å². The maximum absolute atomic E-state index is 12.4. The Morgan fingerprint density at radius 3 is 1.78 bits per heavy atom. The van der Waals surface area contributed by atoms with Crippen LogP contribution >= 0.6 is 0 Å². The Bertz CT molecular complexity index is 855. The van der Waals surface area contributed by atoms with E-state index in [-0.39, 0.29) is 6.54 Å². The van der Waals surface area contributed by atoms with Gasteiger partial charge in [-0.1, -0.05) is 18.2 Å². The van der Waals surface area contributed by atoms with Crippen LogP contribution in [0.1, 0.15) is 38.1 Å². The van der Waals surface area contributed by atoms with Crippen LogP contribution in [0.15, 0.2) is 30.3 Å². The van der Waals surface area contributed by atoms with Crippen LogP contribution in [0.2, 0.25) is 0 Å². The van der Waals surface area contributed by atoms with Gasteiger partial charge in [0.2, 0.25) is 12.4 Å². The molecule has 1 amide bonds. The van der Waals surface area contributed by atoms with Gasteiger partial charge < -0.3 is 29.0 Å². The van der Waals surface area contributed by atoms with E-state index in [4.69, 9.17) is 23.7 Å². The van der Waals surface area contributed by atoms with E-state index < -0.39 is 60.5 Å². The van der Waals surface area contributed by atoms with Crippen molar-refractivity contribution in [2.75, 3.05) is 6.54 Å². The number of esters is 4. The summed E-state index contributed by atoms with van der Waals surface area (Å²) >= 11 is 0. The number of carbonyl (C=O) groups excluding carboxylic acids is 5. The molecule has 0 saturated carbocycles. The van der Waals surface area contributed by atoms with Gasteiger partial charge in [-0.05, 0) is 12.1 Å². The molecule has 11 nitrogen and oxygen atoms in total. The van der Waals surface area contributed by atoms with Crippen molar-refractivity contribution in [1.29, 1.82) is 0 Å². The Hall–Kier alpha value is -3.47. The number of benzene rings is 1. The fourth-order valence-corrected chi connectivity index (χ4v) is 3.16. The summed E-state index contributed by atoms with van der Waals surface area (Å²) in [5, 5.41) is 2.63. The molecule has 1 saturated heterocycles. The third-order valence-electron chi connectivity index (χ3n) is 4.28. The van der Waals surface area contributed by atoms with Gasteiger partial charge >= 0.3 is 23.9 Å². The van der Waals surface area contributed by atoms with Gasteiger partial charge in [0, 0.05) is 39.8 Å². The molecule has 0 radical (unpaired) electrons. The van der Waals surface area contributed by atoms with E-state index in [0.29, 0.717) is 5.56 Å². The Labute approximate surface area is 184 Å². The van der Waals surface area contributed by atoms with Gasteiger partial charge in [-0.3, -0.25) is 24.0 Å². The summed E-state index contributed by atoms with van der Waals surface area (Å²) in [6.07, 6.45) is -6.63. The minimum Gasteiger partial charge on any atom is -0.456 e. The first kappa shape index (κ1) is 24.8. The van der Waals surface area contributed by atoms with Crippen LogP contribution in [-0.4, -0.2) is 67.0 Å². The predicted octanol–water partition coefficient (Wildman–Crippen LogP) is 0.499. The summed E-state index contributed by atoms with van der Waals surface area (Å²) in [6.45, 7) is 4.25. The molecular weight excluding hydrogens is 426 g/mol. The average Bonchev–Trinajstić information content (AvgIpc) is 2.70. The van der Waals surface area contributed by atoms with Gasteiger partial charge in [-0.2, -0.15) is 0 Å². The van der Waals surface area contributed by atoms with Gasteiger partial charge in [0.1, 0.15) is 6.10 Å². The normalized spacial score (nSPS) is 24.6. The lowest BCUT2D eigenvalue weighted by atomic mass is 9.97. The molecule has 1 fully saturated rings. The Kier molecular flexibility index (Phi) is 8.71. The fraction of sp³-hybridized carbons (Fsp3) is 0.476. The molecule has 1 aliphatic heterocycles. The van der Waals surface area contributed by atoms with Crippen molar-refractivity contribution in [3.05, 3.63) is 35.9 Å². The molecule has 0 spiro atoms. The number of ether oxygens (including phenoxy) is 5. The van der Waals surface area contributed by atoms with Crippen LogP contribution in [0.3, 0.4) is 0 Å². The van der Waals surface area contributed by atoms with Gasteiger partial charge in [-0.15, -0.1) is 0 Å². The number of rotatable bonds is 7. The fourth-order valence-electron chi connectivity index (χ4n) is 3.16. The van der Waals surface area contributed by atoms with E-state index in [9.17, 15) is 24.0 Å². The highest BCUT2D eigenvalue weighted by atomic mass is 16.7. The number of nitrogens with one attached hydrogen (secondary N) is 1. The van der Waals surface area contributed by atoms with Crippen LogP contribution < -0.4 is 5.32 Å². The molecule has 5 atom stereocenters. The molecule has 174 valence electrons. The average molecular weight is 451 g/mol. The first-order chi connectivity index (χ1) is 15.1. The summed E-state index contributed by atoms with van der Waals surface area (Å²) in [6, 6.07) is 8.32. The second-order valence-electron chi connectivity index (χ2n) is 6.95. The number of amides is 1. The number of hydrogen-bond donors (Lipinski definition) is 1. The van der Waals surface area contributed by atoms with Crippen LogP contribution in [0, 0.1) is 0 Å². The van der Waals surface area contributed by atoms with Gasteiger partial charge in [-0.25, -0.2) is 0 Å². The zero-order valence-electron chi connectivity index (χ0n) is 18.1. The van der Waals surface area contributed by atoms with E-state index >= 15 is 0 Å². The maximum Gasteiger partial charge on any atom is 0.305 e. The van der Waals surface area contributed by atoms with Gasteiger partial charge in [0.25, 0.3) is 5.91 Å². The first-order valence-electron chi connectivity index (χ1n) is 9.76. The van der Waals surface area contributed by atoms with Crippen molar-refractivity contribution in [3.63, 3.8) is 0 Å². The Morgan fingerprint density at radius 2 is 1.25 bits per heavy atom. The Morgan fingerprint density at radius 1 is 0.750 bits per heavy atom. The van der Waals surface area contributed by atoms with E-state index in [1.807, 2.05) is 0 Å². The summed E-state index contributed by atoms with van der Waals surface area (Å²) in [4.78, 5) is 59.1. The first-order valence-corrected chi connectivity index (χ1v) is 9.76. The van der Waals surface area contributed by atoms with E-state index in [1.54, 1.807) is 30.3 Å². The second kappa shape index (κ2) is 11.2. The van der Waals surface area contributed by atoms with Crippen molar-refractivity contribution in [1.82, 2.24) is 5.32 Å².